The first-order valence-corrected chi connectivity index (χ1v) is 7.32. The Balaban J connectivity index is 2.09. The van der Waals surface area contributed by atoms with Crippen LogP contribution in [0.25, 0.3) is 5.52 Å². The van der Waals surface area contributed by atoms with Crippen molar-refractivity contribution in [3.05, 3.63) is 63.1 Å². The number of aryl methyl sites for hydroxylation is 2. The number of aromatic amines is 1. The van der Waals surface area contributed by atoms with Gasteiger partial charge in [0.2, 0.25) is 0 Å². The summed E-state index contributed by atoms with van der Waals surface area (Å²) in [4.78, 5) is 19.1. The lowest BCUT2D eigenvalue weighted by molar-refractivity contribution is -0.137. The normalized spacial score (nSPS) is 13.4. The highest BCUT2D eigenvalue weighted by molar-refractivity contribution is 5.50. The molecule has 0 aliphatic rings. The standard InChI is InChI=1S/C16H15F3N4O/c1-8(11-4-6-12(7-5-11)16(17,18)19)14-20-9(2)13-15(24)21-10(3)22-23(13)14/h4-8H,1-3H3,(H,21,22,24)/t8-/m0/s1. The van der Waals surface area contributed by atoms with E-state index in [1.165, 1.54) is 16.6 Å². The molecule has 0 saturated carbocycles. The van der Waals surface area contributed by atoms with Gasteiger partial charge in [-0.15, -0.1) is 0 Å². The van der Waals surface area contributed by atoms with E-state index < -0.39 is 11.7 Å². The first-order chi connectivity index (χ1) is 11.2. The fourth-order valence-corrected chi connectivity index (χ4v) is 2.69. The second kappa shape index (κ2) is 5.47. The van der Waals surface area contributed by atoms with E-state index in [2.05, 4.69) is 15.1 Å². The largest absolute Gasteiger partial charge is 0.416 e. The third kappa shape index (κ3) is 2.68. The minimum Gasteiger partial charge on any atom is -0.307 e. The summed E-state index contributed by atoms with van der Waals surface area (Å²) in [6.07, 6.45) is -4.37. The van der Waals surface area contributed by atoms with E-state index >= 15 is 0 Å². The van der Waals surface area contributed by atoms with E-state index in [0.29, 0.717) is 28.4 Å². The van der Waals surface area contributed by atoms with Crippen LogP contribution in [-0.2, 0) is 6.18 Å². The summed E-state index contributed by atoms with van der Waals surface area (Å²) in [7, 11) is 0. The lowest BCUT2D eigenvalue weighted by Gasteiger charge is -2.12. The molecule has 0 fully saturated rings. The number of hydrogen-bond donors (Lipinski definition) is 1. The quantitative estimate of drug-likeness (QED) is 0.782. The molecule has 0 saturated heterocycles. The van der Waals surface area contributed by atoms with Crippen molar-refractivity contribution in [2.24, 2.45) is 0 Å². The molecule has 0 aliphatic heterocycles. The van der Waals surface area contributed by atoms with Crippen LogP contribution in [0.15, 0.2) is 29.1 Å². The molecule has 0 aliphatic carbocycles. The number of alkyl halides is 3. The molecule has 1 N–H and O–H groups in total. The number of rotatable bonds is 2. The van der Waals surface area contributed by atoms with Crippen molar-refractivity contribution < 1.29 is 13.2 Å². The molecule has 2 aromatic heterocycles. The lowest BCUT2D eigenvalue weighted by Crippen LogP contribution is -2.16. The highest BCUT2D eigenvalue weighted by Gasteiger charge is 2.30. The second-order valence-corrected chi connectivity index (χ2v) is 5.70. The zero-order chi connectivity index (χ0) is 17.6. The molecule has 0 bridgehead atoms. The first-order valence-electron chi connectivity index (χ1n) is 7.32. The number of fused-ring (bicyclic) bond motifs is 1. The predicted molar refractivity (Wildman–Crippen MR) is 82.0 cm³/mol. The Labute approximate surface area is 135 Å². The highest BCUT2D eigenvalue weighted by atomic mass is 19.4. The van der Waals surface area contributed by atoms with Crippen LogP contribution in [0.3, 0.4) is 0 Å². The number of imidazole rings is 1. The van der Waals surface area contributed by atoms with Crippen molar-refractivity contribution in [1.29, 1.82) is 0 Å². The average molecular weight is 336 g/mol. The molecule has 3 rings (SSSR count). The molecule has 0 unspecified atom stereocenters. The Kier molecular flexibility index (Phi) is 3.70. The third-order valence-electron chi connectivity index (χ3n) is 3.94. The maximum absolute atomic E-state index is 12.7. The Morgan fingerprint density at radius 3 is 2.38 bits per heavy atom. The van der Waals surface area contributed by atoms with Gasteiger partial charge in [0.1, 0.15) is 11.6 Å². The minimum atomic E-state index is -4.37. The Bertz CT molecular complexity index is 954. The molecule has 0 radical (unpaired) electrons. The molecule has 1 atom stereocenters. The molecule has 0 amide bonds. The van der Waals surface area contributed by atoms with Crippen LogP contribution in [0.1, 0.15) is 41.3 Å². The van der Waals surface area contributed by atoms with E-state index in [4.69, 9.17) is 0 Å². The average Bonchev–Trinajstić information content (AvgIpc) is 2.82. The number of benzene rings is 1. The van der Waals surface area contributed by atoms with Crippen molar-refractivity contribution in [2.75, 3.05) is 0 Å². The van der Waals surface area contributed by atoms with Gasteiger partial charge in [-0.25, -0.2) is 9.50 Å². The molecule has 0 spiro atoms. The lowest BCUT2D eigenvalue weighted by atomic mass is 9.99. The summed E-state index contributed by atoms with van der Waals surface area (Å²) in [5.41, 5.74) is 0.535. The minimum absolute atomic E-state index is 0.293. The summed E-state index contributed by atoms with van der Waals surface area (Å²) < 4.78 is 39.5. The number of hydrogen-bond acceptors (Lipinski definition) is 3. The maximum Gasteiger partial charge on any atom is 0.416 e. The fraction of sp³-hybridized carbons (Fsp3) is 0.312. The van der Waals surface area contributed by atoms with Gasteiger partial charge >= 0.3 is 6.18 Å². The van der Waals surface area contributed by atoms with Gasteiger partial charge in [-0.3, -0.25) is 4.79 Å². The zero-order valence-electron chi connectivity index (χ0n) is 13.3. The summed E-state index contributed by atoms with van der Waals surface area (Å²) in [6, 6.07) is 4.92. The molecule has 3 aromatic rings. The van der Waals surface area contributed by atoms with E-state index in [1.54, 1.807) is 13.8 Å². The van der Waals surface area contributed by atoms with Gasteiger partial charge in [-0.05, 0) is 31.5 Å². The van der Waals surface area contributed by atoms with Crippen molar-refractivity contribution in [3.63, 3.8) is 0 Å². The summed E-state index contributed by atoms with van der Waals surface area (Å²) in [6.45, 7) is 5.17. The Morgan fingerprint density at radius 2 is 1.79 bits per heavy atom. The van der Waals surface area contributed by atoms with E-state index in [9.17, 15) is 18.0 Å². The maximum atomic E-state index is 12.7. The number of nitrogens with one attached hydrogen (secondary N) is 1. The van der Waals surface area contributed by atoms with Crippen LogP contribution < -0.4 is 5.56 Å². The van der Waals surface area contributed by atoms with Gasteiger partial charge in [0, 0.05) is 5.92 Å². The van der Waals surface area contributed by atoms with Gasteiger partial charge in [0.05, 0.1) is 11.3 Å². The monoisotopic (exact) mass is 336 g/mol. The number of halogens is 3. The first kappa shape index (κ1) is 16.2. The van der Waals surface area contributed by atoms with Crippen molar-refractivity contribution in [3.8, 4) is 0 Å². The van der Waals surface area contributed by atoms with Gasteiger partial charge in [0.25, 0.3) is 5.56 Å². The summed E-state index contributed by atoms with van der Waals surface area (Å²) >= 11 is 0. The molecule has 5 nitrogen and oxygen atoms in total. The molecule has 24 heavy (non-hydrogen) atoms. The van der Waals surface area contributed by atoms with Crippen LogP contribution in [0.5, 0.6) is 0 Å². The van der Waals surface area contributed by atoms with Crippen LogP contribution >= 0.6 is 0 Å². The van der Waals surface area contributed by atoms with E-state index in [-0.39, 0.29) is 11.5 Å². The second-order valence-electron chi connectivity index (χ2n) is 5.70. The third-order valence-corrected chi connectivity index (χ3v) is 3.94. The van der Waals surface area contributed by atoms with Crippen LogP contribution in [0.2, 0.25) is 0 Å². The smallest absolute Gasteiger partial charge is 0.307 e. The topological polar surface area (TPSA) is 63.1 Å². The SMILES string of the molecule is Cc1nn2c([C@@H](C)c3ccc(C(F)(F)F)cc3)nc(C)c2c(=O)[nH]1. The van der Waals surface area contributed by atoms with Crippen molar-refractivity contribution >= 4 is 5.52 Å². The van der Waals surface area contributed by atoms with E-state index in [0.717, 1.165) is 12.1 Å². The molecular weight excluding hydrogens is 321 g/mol. The summed E-state index contributed by atoms with van der Waals surface area (Å²) in [5.74, 6) is 0.629. The number of nitrogens with zero attached hydrogens (tertiary/aromatic N) is 3. The molecule has 126 valence electrons. The van der Waals surface area contributed by atoms with Gasteiger partial charge < -0.3 is 4.98 Å². The molecule has 8 heteroatoms. The van der Waals surface area contributed by atoms with Gasteiger partial charge in [-0.1, -0.05) is 19.1 Å². The zero-order valence-corrected chi connectivity index (χ0v) is 13.3. The molecule has 2 heterocycles. The number of aromatic nitrogens is 4. The Hall–Kier alpha value is -2.64. The molecular formula is C16H15F3N4O. The highest BCUT2D eigenvalue weighted by Crippen LogP contribution is 2.31. The molecule has 1 aromatic carbocycles. The number of H-pyrrole nitrogens is 1. The van der Waals surface area contributed by atoms with Gasteiger partial charge in [-0.2, -0.15) is 18.3 Å². The van der Waals surface area contributed by atoms with Gasteiger partial charge in [0.15, 0.2) is 5.52 Å². The predicted octanol–water partition coefficient (Wildman–Crippen LogP) is 3.21. The fourth-order valence-electron chi connectivity index (χ4n) is 2.69. The van der Waals surface area contributed by atoms with E-state index in [1.807, 2.05) is 6.92 Å². The van der Waals surface area contributed by atoms with Crippen LogP contribution in [0.4, 0.5) is 13.2 Å². The van der Waals surface area contributed by atoms with Crippen LogP contribution in [0, 0.1) is 13.8 Å². The van der Waals surface area contributed by atoms with Crippen LogP contribution in [-0.4, -0.2) is 19.6 Å². The van der Waals surface area contributed by atoms with Crippen molar-refractivity contribution in [2.45, 2.75) is 32.9 Å². The Morgan fingerprint density at radius 1 is 1.17 bits per heavy atom. The van der Waals surface area contributed by atoms with Crippen molar-refractivity contribution in [1.82, 2.24) is 19.6 Å². The summed E-state index contributed by atoms with van der Waals surface area (Å²) in [5, 5.41) is 4.28.